The van der Waals surface area contributed by atoms with E-state index in [0.717, 1.165) is 11.0 Å². The summed E-state index contributed by atoms with van der Waals surface area (Å²) in [5, 5.41) is 5.56. The topological polar surface area (TPSA) is 91.9 Å². The zero-order valence-electron chi connectivity index (χ0n) is 15.2. The number of nitrogens with one attached hydrogen (secondary N) is 3. The van der Waals surface area contributed by atoms with E-state index >= 15 is 0 Å². The first-order chi connectivity index (χ1) is 14.0. The number of carbonyl (C=O) groups excluding carboxylic acids is 1. The number of fused-ring (bicyclic) bond motifs is 1. The molecule has 3 N–H and O–H groups in total. The Balaban J connectivity index is 1.55. The highest BCUT2D eigenvalue weighted by atomic mass is 79.9. The first-order valence-corrected chi connectivity index (χ1v) is 9.39. The van der Waals surface area contributed by atoms with E-state index in [4.69, 9.17) is 4.74 Å². The number of halogens is 2. The lowest BCUT2D eigenvalue weighted by atomic mass is 10.3. The monoisotopic (exact) mass is 455 g/mol. The van der Waals surface area contributed by atoms with Crippen LogP contribution in [0.5, 0.6) is 11.5 Å². The van der Waals surface area contributed by atoms with Crippen molar-refractivity contribution in [3.05, 3.63) is 70.7 Å². The van der Waals surface area contributed by atoms with E-state index in [1.54, 1.807) is 42.5 Å². The molecule has 0 bridgehead atoms. The molecule has 0 aliphatic rings. The Bertz CT molecular complexity index is 1210. The van der Waals surface area contributed by atoms with Crippen LogP contribution in [0.25, 0.3) is 11.0 Å². The second-order valence-corrected chi connectivity index (χ2v) is 6.93. The zero-order chi connectivity index (χ0) is 20.4. The summed E-state index contributed by atoms with van der Waals surface area (Å²) >= 11 is 3.13. The lowest BCUT2D eigenvalue weighted by molar-refractivity contribution is 0.0958. The van der Waals surface area contributed by atoms with Crippen molar-refractivity contribution in [3.8, 4) is 11.5 Å². The fourth-order valence-electron chi connectivity index (χ4n) is 2.68. The van der Waals surface area contributed by atoms with E-state index in [2.05, 4.69) is 41.5 Å². The summed E-state index contributed by atoms with van der Waals surface area (Å²) in [7, 11) is 1.54. The van der Waals surface area contributed by atoms with Crippen LogP contribution in [0.4, 0.5) is 16.0 Å². The normalized spacial score (nSPS) is 10.7. The molecule has 0 saturated heterocycles. The van der Waals surface area contributed by atoms with Crippen molar-refractivity contribution in [3.63, 3.8) is 0 Å². The average Bonchev–Trinajstić information content (AvgIpc) is 3.12. The molecule has 1 amide bonds. The van der Waals surface area contributed by atoms with E-state index in [1.165, 1.54) is 19.3 Å². The molecule has 0 radical (unpaired) electrons. The summed E-state index contributed by atoms with van der Waals surface area (Å²) in [4.78, 5) is 23.3. The number of ether oxygens (including phenoxy) is 1. The Labute approximate surface area is 173 Å². The van der Waals surface area contributed by atoms with Crippen molar-refractivity contribution in [2.75, 3.05) is 12.4 Å². The Morgan fingerprint density at radius 1 is 1.14 bits per heavy atom. The molecule has 7 nitrogen and oxygen atoms in total. The van der Waals surface area contributed by atoms with Crippen LogP contribution in [-0.4, -0.2) is 27.9 Å². The molecule has 29 heavy (non-hydrogen) atoms. The van der Waals surface area contributed by atoms with Crippen LogP contribution >= 0.6 is 15.9 Å². The molecule has 2 aromatic heterocycles. The predicted molar refractivity (Wildman–Crippen MR) is 111 cm³/mol. The lowest BCUT2D eigenvalue weighted by Gasteiger charge is -2.06. The van der Waals surface area contributed by atoms with Crippen molar-refractivity contribution in [2.45, 2.75) is 0 Å². The molecule has 0 atom stereocenters. The van der Waals surface area contributed by atoms with E-state index in [-0.39, 0.29) is 17.4 Å². The van der Waals surface area contributed by atoms with Gasteiger partial charge in [-0.1, -0.05) is 0 Å². The molecule has 4 aromatic rings. The molecule has 0 unspecified atom stereocenters. The van der Waals surface area contributed by atoms with Gasteiger partial charge in [0.25, 0.3) is 5.91 Å². The molecule has 2 heterocycles. The summed E-state index contributed by atoms with van der Waals surface area (Å²) in [5.74, 6) is 0.872. The molecule has 0 aliphatic heterocycles. The summed E-state index contributed by atoms with van der Waals surface area (Å²) in [5.41, 5.74) is 2.29. The average molecular weight is 456 g/mol. The fourth-order valence-corrected chi connectivity index (χ4v) is 2.93. The predicted octanol–water partition coefficient (Wildman–Crippen LogP) is 4.76. The SMILES string of the molecule is CNC(=O)c1cc(Oc2ccc3nc(Nc4ccc(Br)c(F)c4)[nH]c3c2)ccn1. The van der Waals surface area contributed by atoms with Crippen LogP contribution in [0.15, 0.2) is 59.2 Å². The first-order valence-electron chi connectivity index (χ1n) is 8.59. The molecule has 0 spiro atoms. The van der Waals surface area contributed by atoms with Gasteiger partial charge in [-0.15, -0.1) is 0 Å². The van der Waals surface area contributed by atoms with Crippen molar-refractivity contribution >= 4 is 44.5 Å². The molecule has 4 rings (SSSR count). The standard InChI is InChI=1S/C20H15BrFN5O2/c1-23-19(28)18-10-13(6-7-24-18)29-12-3-5-16-17(9-12)27-20(26-16)25-11-2-4-14(21)15(22)8-11/h2-10H,1H3,(H,23,28)(H2,25,26,27). The maximum Gasteiger partial charge on any atom is 0.269 e. The van der Waals surface area contributed by atoms with Gasteiger partial charge >= 0.3 is 0 Å². The van der Waals surface area contributed by atoms with E-state index < -0.39 is 0 Å². The van der Waals surface area contributed by atoms with Crippen LogP contribution in [0.2, 0.25) is 0 Å². The zero-order valence-corrected chi connectivity index (χ0v) is 16.7. The molecule has 0 fully saturated rings. The molecular formula is C20H15BrFN5O2. The molecule has 0 saturated carbocycles. The van der Waals surface area contributed by atoms with Gasteiger partial charge in [-0.25, -0.2) is 9.37 Å². The minimum absolute atomic E-state index is 0.265. The third-order valence-electron chi connectivity index (χ3n) is 4.06. The van der Waals surface area contributed by atoms with Crippen molar-refractivity contribution in [2.24, 2.45) is 0 Å². The van der Waals surface area contributed by atoms with Crippen LogP contribution in [-0.2, 0) is 0 Å². The van der Waals surface area contributed by atoms with Crippen molar-refractivity contribution in [1.29, 1.82) is 0 Å². The number of aromatic amines is 1. The van der Waals surface area contributed by atoms with Gasteiger partial charge < -0.3 is 20.4 Å². The molecular weight excluding hydrogens is 441 g/mol. The van der Waals surface area contributed by atoms with E-state index in [1.807, 2.05) is 0 Å². The molecule has 2 aromatic carbocycles. The van der Waals surface area contributed by atoms with Gasteiger partial charge in [-0.05, 0) is 52.3 Å². The lowest BCUT2D eigenvalue weighted by Crippen LogP contribution is -2.18. The van der Waals surface area contributed by atoms with Gasteiger partial charge in [0.05, 0.1) is 15.5 Å². The first kappa shape index (κ1) is 18.9. The van der Waals surface area contributed by atoms with Gasteiger partial charge in [0.2, 0.25) is 5.95 Å². The number of anilines is 2. The third-order valence-corrected chi connectivity index (χ3v) is 4.71. The number of amides is 1. The van der Waals surface area contributed by atoms with Crippen LogP contribution in [0, 0.1) is 5.82 Å². The number of nitrogens with zero attached hydrogens (tertiary/aromatic N) is 2. The number of benzene rings is 2. The Hall–Kier alpha value is -3.46. The maximum absolute atomic E-state index is 13.7. The number of H-pyrrole nitrogens is 1. The number of hydrogen-bond donors (Lipinski definition) is 3. The van der Waals surface area contributed by atoms with Gasteiger partial charge in [-0.2, -0.15) is 0 Å². The highest BCUT2D eigenvalue weighted by molar-refractivity contribution is 9.10. The second kappa shape index (κ2) is 7.88. The quantitative estimate of drug-likeness (QED) is 0.403. The van der Waals surface area contributed by atoms with E-state index in [0.29, 0.717) is 27.6 Å². The van der Waals surface area contributed by atoms with Crippen LogP contribution in [0.3, 0.4) is 0 Å². The summed E-state index contributed by atoms with van der Waals surface area (Å²) in [6.45, 7) is 0. The number of imidazole rings is 1. The van der Waals surface area contributed by atoms with Gasteiger partial charge in [0.1, 0.15) is 23.0 Å². The Morgan fingerprint density at radius 3 is 2.76 bits per heavy atom. The second-order valence-electron chi connectivity index (χ2n) is 6.08. The molecule has 9 heteroatoms. The van der Waals surface area contributed by atoms with Gasteiger partial charge in [0.15, 0.2) is 0 Å². The smallest absolute Gasteiger partial charge is 0.269 e. The van der Waals surface area contributed by atoms with Crippen LogP contribution in [0.1, 0.15) is 10.5 Å². The van der Waals surface area contributed by atoms with Crippen LogP contribution < -0.4 is 15.4 Å². The summed E-state index contributed by atoms with van der Waals surface area (Å²) in [6, 6.07) is 13.3. The maximum atomic E-state index is 13.7. The molecule has 0 aliphatic carbocycles. The highest BCUT2D eigenvalue weighted by Crippen LogP contribution is 2.27. The summed E-state index contributed by atoms with van der Waals surface area (Å²) < 4.78 is 19.9. The number of pyridine rings is 1. The number of aromatic nitrogens is 3. The largest absolute Gasteiger partial charge is 0.457 e. The summed E-state index contributed by atoms with van der Waals surface area (Å²) in [6.07, 6.45) is 1.51. The van der Waals surface area contributed by atoms with Crippen molar-refractivity contribution < 1.29 is 13.9 Å². The number of rotatable bonds is 5. The minimum Gasteiger partial charge on any atom is -0.457 e. The number of hydrogen-bond acceptors (Lipinski definition) is 5. The Kier molecular flexibility index (Phi) is 5.13. The molecule has 146 valence electrons. The third kappa shape index (κ3) is 4.19. The van der Waals surface area contributed by atoms with E-state index in [9.17, 15) is 9.18 Å². The van der Waals surface area contributed by atoms with Gasteiger partial charge in [-0.3, -0.25) is 9.78 Å². The Morgan fingerprint density at radius 2 is 1.97 bits per heavy atom. The van der Waals surface area contributed by atoms with Crippen molar-refractivity contribution in [1.82, 2.24) is 20.3 Å². The van der Waals surface area contributed by atoms with Gasteiger partial charge in [0, 0.05) is 31.1 Å². The fraction of sp³-hybridized carbons (Fsp3) is 0.0500. The number of carbonyl (C=O) groups is 1. The minimum atomic E-state index is -0.365. The highest BCUT2D eigenvalue weighted by Gasteiger charge is 2.09.